The van der Waals surface area contributed by atoms with Gasteiger partial charge in [-0.2, -0.15) is 11.8 Å². The fraction of sp³-hybridized carbons (Fsp3) is 0.619. The number of thioether (sulfide) groups is 1. The van der Waals surface area contributed by atoms with Crippen LogP contribution in [0, 0.1) is 11.3 Å². The molecule has 2 aliphatic heterocycles. The lowest BCUT2D eigenvalue weighted by atomic mass is 9.76. The Morgan fingerprint density at radius 2 is 2.00 bits per heavy atom. The molecule has 148 valence electrons. The maximum atomic E-state index is 13.1. The van der Waals surface area contributed by atoms with Gasteiger partial charge in [-0.3, -0.25) is 9.59 Å². The largest absolute Gasteiger partial charge is 0.381 e. The Hall–Kier alpha value is -1.53. The van der Waals surface area contributed by atoms with Crippen LogP contribution in [0.2, 0.25) is 0 Å². The highest BCUT2D eigenvalue weighted by molar-refractivity contribution is 7.99. The molecule has 0 bridgehead atoms. The zero-order valence-electron chi connectivity index (χ0n) is 16.3. The summed E-state index contributed by atoms with van der Waals surface area (Å²) in [6.45, 7) is 4.75. The van der Waals surface area contributed by atoms with Gasteiger partial charge in [-0.25, -0.2) is 0 Å². The van der Waals surface area contributed by atoms with E-state index in [1.165, 1.54) is 17.3 Å². The number of nitrogens with zero attached hydrogens (tertiary/aromatic N) is 1. The van der Waals surface area contributed by atoms with Gasteiger partial charge >= 0.3 is 0 Å². The van der Waals surface area contributed by atoms with Gasteiger partial charge in [-0.05, 0) is 31.1 Å². The van der Waals surface area contributed by atoms with E-state index in [0.29, 0.717) is 25.5 Å². The number of benzene rings is 1. The Kier molecular flexibility index (Phi) is 6.82. The summed E-state index contributed by atoms with van der Waals surface area (Å²) in [5, 5.41) is 3.20. The van der Waals surface area contributed by atoms with Crippen LogP contribution in [0.3, 0.4) is 0 Å². The third-order valence-electron chi connectivity index (χ3n) is 5.87. The van der Waals surface area contributed by atoms with E-state index in [2.05, 4.69) is 17.4 Å². The quantitative estimate of drug-likeness (QED) is 0.810. The zero-order valence-corrected chi connectivity index (χ0v) is 17.1. The highest BCUT2D eigenvalue weighted by atomic mass is 32.2. The minimum Gasteiger partial charge on any atom is -0.381 e. The van der Waals surface area contributed by atoms with E-state index < -0.39 is 0 Å². The van der Waals surface area contributed by atoms with Gasteiger partial charge in [0.1, 0.15) is 0 Å². The summed E-state index contributed by atoms with van der Waals surface area (Å²) < 4.78 is 5.56. The van der Waals surface area contributed by atoms with Crippen LogP contribution < -0.4 is 5.32 Å². The molecule has 2 aliphatic rings. The van der Waals surface area contributed by atoms with Crippen molar-refractivity contribution >= 4 is 23.6 Å². The number of nitrogens with one attached hydrogen (secondary N) is 1. The van der Waals surface area contributed by atoms with Gasteiger partial charge in [-0.15, -0.1) is 0 Å². The monoisotopic (exact) mass is 390 g/mol. The van der Waals surface area contributed by atoms with E-state index in [1.807, 2.05) is 36.3 Å². The van der Waals surface area contributed by atoms with Crippen LogP contribution in [-0.4, -0.2) is 61.1 Å². The van der Waals surface area contributed by atoms with E-state index in [4.69, 9.17) is 4.74 Å². The number of rotatable bonds is 6. The van der Waals surface area contributed by atoms with E-state index in [-0.39, 0.29) is 29.2 Å². The molecule has 5 nitrogen and oxygen atoms in total. The Bertz CT molecular complexity index is 646. The summed E-state index contributed by atoms with van der Waals surface area (Å²) in [6, 6.07) is 10.2. The molecule has 2 saturated heterocycles. The molecule has 0 aliphatic carbocycles. The molecule has 0 radical (unpaired) electrons. The topological polar surface area (TPSA) is 58.6 Å². The zero-order chi connectivity index (χ0) is 19.3. The molecule has 1 N–H and O–H groups in total. The predicted octanol–water partition coefficient (Wildman–Crippen LogP) is 2.35. The highest BCUT2D eigenvalue weighted by Gasteiger charge is 2.49. The van der Waals surface area contributed by atoms with Crippen LogP contribution in [-0.2, 0) is 20.7 Å². The first-order valence-electron chi connectivity index (χ1n) is 9.73. The normalized spacial score (nSPS) is 22.6. The Morgan fingerprint density at radius 1 is 1.30 bits per heavy atom. The van der Waals surface area contributed by atoms with E-state index in [9.17, 15) is 9.59 Å². The highest BCUT2D eigenvalue weighted by Crippen LogP contribution is 2.40. The molecule has 2 amide bonds. The fourth-order valence-corrected chi connectivity index (χ4v) is 4.70. The van der Waals surface area contributed by atoms with Gasteiger partial charge in [0.05, 0.1) is 11.8 Å². The van der Waals surface area contributed by atoms with Crippen molar-refractivity contribution in [2.24, 2.45) is 11.3 Å². The third kappa shape index (κ3) is 4.85. The number of amides is 2. The van der Waals surface area contributed by atoms with Crippen molar-refractivity contribution in [3.05, 3.63) is 35.9 Å². The molecule has 6 heteroatoms. The first kappa shape index (κ1) is 20.2. The SMILES string of the molecule is CSCC(=O)NC1CN(C(=O)[C@H](C)Cc2ccccc2)CC12CCOCC2. The Balaban J connectivity index is 1.68. The van der Waals surface area contributed by atoms with Crippen molar-refractivity contribution < 1.29 is 14.3 Å². The summed E-state index contributed by atoms with van der Waals surface area (Å²) in [7, 11) is 0. The standard InChI is InChI=1S/C21H30N2O3S/c1-16(12-17-6-4-3-5-7-17)20(25)23-13-18(22-19(24)14-27-2)21(15-23)8-10-26-11-9-21/h3-7,16,18H,8-15H2,1-2H3,(H,22,24)/t16-,18?/m1/s1. The van der Waals surface area contributed by atoms with E-state index in [1.54, 1.807) is 0 Å². The van der Waals surface area contributed by atoms with Crippen molar-refractivity contribution in [3.63, 3.8) is 0 Å². The van der Waals surface area contributed by atoms with Crippen LogP contribution in [0.4, 0.5) is 0 Å². The van der Waals surface area contributed by atoms with Crippen LogP contribution in [0.25, 0.3) is 0 Å². The molecule has 0 saturated carbocycles. The Morgan fingerprint density at radius 3 is 2.67 bits per heavy atom. The molecule has 2 atom stereocenters. The van der Waals surface area contributed by atoms with Crippen LogP contribution in [0.1, 0.15) is 25.3 Å². The van der Waals surface area contributed by atoms with Gasteiger partial charge in [0.2, 0.25) is 11.8 Å². The molecule has 1 aromatic carbocycles. The lowest BCUT2D eigenvalue weighted by Crippen LogP contribution is -2.50. The lowest BCUT2D eigenvalue weighted by Gasteiger charge is -2.38. The number of hydrogen-bond donors (Lipinski definition) is 1. The smallest absolute Gasteiger partial charge is 0.230 e. The van der Waals surface area contributed by atoms with Crippen LogP contribution in [0.15, 0.2) is 30.3 Å². The van der Waals surface area contributed by atoms with Crippen molar-refractivity contribution in [2.75, 3.05) is 38.3 Å². The first-order valence-corrected chi connectivity index (χ1v) is 11.1. The maximum Gasteiger partial charge on any atom is 0.230 e. The number of ether oxygens (including phenoxy) is 1. The number of carbonyl (C=O) groups is 2. The van der Waals surface area contributed by atoms with Crippen molar-refractivity contribution in [3.8, 4) is 0 Å². The maximum absolute atomic E-state index is 13.1. The predicted molar refractivity (Wildman–Crippen MR) is 109 cm³/mol. The Labute approximate surface area is 166 Å². The molecule has 1 spiro atoms. The summed E-state index contributed by atoms with van der Waals surface area (Å²) in [5.74, 6) is 0.641. The van der Waals surface area contributed by atoms with Gasteiger partial charge in [0.25, 0.3) is 0 Å². The first-order chi connectivity index (χ1) is 13.0. The molecule has 1 unspecified atom stereocenters. The van der Waals surface area contributed by atoms with Gasteiger partial charge in [-0.1, -0.05) is 37.3 Å². The summed E-state index contributed by atoms with van der Waals surface area (Å²) in [6.07, 6.45) is 4.47. The minimum absolute atomic E-state index is 0.0222. The average Bonchev–Trinajstić information content (AvgIpc) is 3.00. The molecule has 3 rings (SSSR count). The van der Waals surface area contributed by atoms with Gasteiger partial charge in [0.15, 0.2) is 0 Å². The van der Waals surface area contributed by atoms with E-state index in [0.717, 1.165) is 25.8 Å². The number of hydrogen-bond acceptors (Lipinski definition) is 4. The van der Waals surface area contributed by atoms with Crippen molar-refractivity contribution in [1.29, 1.82) is 0 Å². The molecular weight excluding hydrogens is 360 g/mol. The second-order valence-electron chi connectivity index (χ2n) is 7.84. The second-order valence-corrected chi connectivity index (χ2v) is 8.70. The minimum atomic E-state index is -0.0649. The van der Waals surface area contributed by atoms with Crippen molar-refractivity contribution in [1.82, 2.24) is 10.2 Å². The number of likely N-dealkylation sites (tertiary alicyclic amines) is 1. The average molecular weight is 391 g/mol. The summed E-state index contributed by atoms with van der Waals surface area (Å²) >= 11 is 1.52. The molecule has 27 heavy (non-hydrogen) atoms. The third-order valence-corrected chi connectivity index (χ3v) is 6.42. The van der Waals surface area contributed by atoms with Gasteiger partial charge in [0, 0.05) is 37.6 Å². The molecule has 2 heterocycles. The molecular formula is C21H30N2O3S. The summed E-state index contributed by atoms with van der Waals surface area (Å²) in [4.78, 5) is 27.3. The lowest BCUT2D eigenvalue weighted by molar-refractivity contribution is -0.134. The van der Waals surface area contributed by atoms with E-state index >= 15 is 0 Å². The summed E-state index contributed by atoms with van der Waals surface area (Å²) in [5.41, 5.74) is 1.14. The van der Waals surface area contributed by atoms with Crippen molar-refractivity contribution in [2.45, 2.75) is 32.2 Å². The second kappa shape index (κ2) is 9.11. The molecule has 2 fully saturated rings. The molecule has 0 aromatic heterocycles. The van der Waals surface area contributed by atoms with Gasteiger partial charge < -0.3 is 15.0 Å². The number of carbonyl (C=O) groups excluding carboxylic acids is 2. The fourth-order valence-electron chi connectivity index (χ4n) is 4.35. The molecule has 1 aromatic rings. The van der Waals surface area contributed by atoms with Crippen LogP contribution >= 0.6 is 11.8 Å². The van der Waals surface area contributed by atoms with Crippen LogP contribution in [0.5, 0.6) is 0 Å².